The SMILES string of the molecule is O=C(Nc1ccc(Cl)cc1F)c1cc(Cl)ccc1F. The van der Waals surface area contributed by atoms with Gasteiger partial charge in [0.25, 0.3) is 5.91 Å². The standard InChI is InChI=1S/C13H7Cl2F2NO/c14-7-1-3-10(16)9(5-7)13(19)18-12-4-2-8(15)6-11(12)17/h1-6H,(H,18,19). The second-order valence-electron chi connectivity index (χ2n) is 3.70. The van der Waals surface area contributed by atoms with Crippen LogP contribution in [0.2, 0.25) is 10.0 Å². The minimum absolute atomic E-state index is 0.0891. The molecule has 2 aromatic carbocycles. The molecule has 0 aromatic heterocycles. The number of nitrogens with one attached hydrogen (secondary N) is 1. The molecular formula is C13H7Cl2F2NO. The number of anilines is 1. The summed E-state index contributed by atoms with van der Waals surface area (Å²) in [6, 6.07) is 7.30. The fourth-order valence-electron chi connectivity index (χ4n) is 1.45. The molecule has 0 atom stereocenters. The van der Waals surface area contributed by atoms with E-state index >= 15 is 0 Å². The van der Waals surface area contributed by atoms with Gasteiger partial charge in [-0.05, 0) is 36.4 Å². The summed E-state index contributed by atoms with van der Waals surface area (Å²) in [7, 11) is 0. The van der Waals surface area contributed by atoms with Crippen LogP contribution in [0.3, 0.4) is 0 Å². The lowest BCUT2D eigenvalue weighted by atomic mass is 10.2. The lowest BCUT2D eigenvalue weighted by Crippen LogP contribution is -2.14. The molecule has 0 fully saturated rings. The normalized spacial score (nSPS) is 10.3. The van der Waals surface area contributed by atoms with Gasteiger partial charge in [0.15, 0.2) is 0 Å². The van der Waals surface area contributed by atoms with Gasteiger partial charge in [0, 0.05) is 10.0 Å². The van der Waals surface area contributed by atoms with Gasteiger partial charge in [-0.3, -0.25) is 4.79 Å². The highest BCUT2D eigenvalue weighted by Crippen LogP contribution is 2.21. The van der Waals surface area contributed by atoms with E-state index in [0.29, 0.717) is 0 Å². The largest absolute Gasteiger partial charge is 0.319 e. The van der Waals surface area contributed by atoms with Crippen LogP contribution in [0.1, 0.15) is 10.4 Å². The molecule has 6 heteroatoms. The molecule has 0 heterocycles. The quantitative estimate of drug-likeness (QED) is 0.868. The molecule has 1 amide bonds. The maximum atomic E-state index is 13.5. The molecule has 2 nitrogen and oxygen atoms in total. The number of carbonyl (C=O) groups is 1. The van der Waals surface area contributed by atoms with Crippen LogP contribution in [0.5, 0.6) is 0 Å². The molecule has 0 spiro atoms. The van der Waals surface area contributed by atoms with Crippen LogP contribution in [0, 0.1) is 11.6 Å². The van der Waals surface area contributed by atoms with Gasteiger partial charge in [-0.15, -0.1) is 0 Å². The monoisotopic (exact) mass is 301 g/mol. The summed E-state index contributed by atoms with van der Waals surface area (Å²) in [6.07, 6.45) is 0. The summed E-state index contributed by atoms with van der Waals surface area (Å²) in [5, 5.41) is 2.66. The Morgan fingerprint density at radius 3 is 2.26 bits per heavy atom. The van der Waals surface area contributed by atoms with Crippen molar-refractivity contribution in [3.8, 4) is 0 Å². The van der Waals surface area contributed by atoms with Crippen molar-refractivity contribution in [2.75, 3.05) is 5.32 Å². The summed E-state index contributed by atoms with van der Waals surface area (Å²) in [5.74, 6) is -2.24. The number of carbonyl (C=O) groups excluding carboxylic acids is 1. The highest BCUT2D eigenvalue weighted by Gasteiger charge is 2.14. The van der Waals surface area contributed by atoms with E-state index in [4.69, 9.17) is 23.2 Å². The van der Waals surface area contributed by atoms with E-state index in [1.807, 2.05) is 0 Å². The van der Waals surface area contributed by atoms with Crippen molar-refractivity contribution in [3.05, 3.63) is 63.6 Å². The van der Waals surface area contributed by atoms with Gasteiger partial charge in [0.05, 0.1) is 11.3 Å². The Bertz CT molecular complexity index is 647. The van der Waals surface area contributed by atoms with E-state index in [1.54, 1.807) is 0 Å². The zero-order valence-electron chi connectivity index (χ0n) is 9.38. The van der Waals surface area contributed by atoms with E-state index in [-0.39, 0.29) is 21.3 Å². The van der Waals surface area contributed by atoms with Crippen molar-refractivity contribution >= 4 is 34.8 Å². The van der Waals surface area contributed by atoms with E-state index in [2.05, 4.69) is 5.32 Å². The topological polar surface area (TPSA) is 29.1 Å². The average molecular weight is 302 g/mol. The van der Waals surface area contributed by atoms with Crippen molar-refractivity contribution < 1.29 is 13.6 Å². The first-order chi connectivity index (χ1) is 8.97. The third-order valence-electron chi connectivity index (χ3n) is 2.35. The van der Waals surface area contributed by atoms with E-state index < -0.39 is 17.5 Å². The van der Waals surface area contributed by atoms with Crippen molar-refractivity contribution in [2.24, 2.45) is 0 Å². The fraction of sp³-hybridized carbons (Fsp3) is 0. The van der Waals surface area contributed by atoms with Crippen LogP contribution in [0.15, 0.2) is 36.4 Å². The van der Waals surface area contributed by atoms with Crippen molar-refractivity contribution in [2.45, 2.75) is 0 Å². The summed E-state index contributed by atoms with van der Waals surface area (Å²) >= 11 is 11.3. The van der Waals surface area contributed by atoms with Crippen LogP contribution < -0.4 is 5.32 Å². The average Bonchev–Trinajstić information content (AvgIpc) is 2.35. The van der Waals surface area contributed by atoms with Crippen molar-refractivity contribution in [3.63, 3.8) is 0 Å². The van der Waals surface area contributed by atoms with Crippen molar-refractivity contribution in [1.82, 2.24) is 0 Å². The Kier molecular flexibility index (Phi) is 4.02. The van der Waals surface area contributed by atoms with Gasteiger partial charge in [-0.25, -0.2) is 8.78 Å². The molecule has 2 rings (SSSR count). The molecule has 19 heavy (non-hydrogen) atoms. The highest BCUT2D eigenvalue weighted by molar-refractivity contribution is 6.31. The van der Waals surface area contributed by atoms with Crippen molar-refractivity contribution in [1.29, 1.82) is 0 Å². The van der Waals surface area contributed by atoms with Gasteiger partial charge < -0.3 is 5.32 Å². The Labute approximate surface area is 118 Å². The molecule has 0 bridgehead atoms. The van der Waals surface area contributed by atoms with Gasteiger partial charge in [0.2, 0.25) is 0 Å². The van der Waals surface area contributed by atoms with Crippen LogP contribution in [-0.2, 0) is 0 Å². The van der Waals surface area contributed by atoms with Gasteiger partial charge >= 0.3 is 0 Å². The Balaban J connectivity index is 2.28. The predicted octanol–water partition coefficient (Wildman–Crippen LogP) is 4.52. The number of rotatable bonds is 2. The fourth-order valence-corrected chi connectivity index (χ4v) is 1.78. The zero-order valence-corrected chi connectivity index (χ0v) is 10.9. The minimum atomic E-state index is -0.791. The van der Waals surface area contributed by atoms with Crippen LogP contribution in [-0.4, -0.2) is 5.91 Å². The summed E-state index contributed by atoms with van der Waals surface area (Å²) in [5.41, 5.74) is -0.351. The molecule has 0 saturated carbocycles. The van der Waals surface area contributed by atoms with Crippen LogP contribution in [0.25, 0.3) is 0 Å². The number of amides is 1. The van der Waals surface area contributed by atoms with E-state index in [9.17, 15) is 13.6 Å². The number of hydrogen-bond donors (Lipinski definition) is 1. The minimum Gasteiger partial charge on any atom is -0.319 e. The number of halogens is 4. The molecule has 2 aromatic rings. The molecule has 0 radical (unpaired) electrons. The van der Waals surface area contributed by atoms with Gasteiger partial charge in [-0.2, -0.15) is 0 Å². The second-order valence-corrected chi connectivity index (χ2v) is 4.58. The first kappa shape index (κ1) is 13.8. The third kappa shape index (κ3) is 3.22. The molecule has 0 unspecified atom stereocenters. The second kappa shape index (κ2) is 5.55. The molecule has 0 aliphatic carbocycles. The number of hydrogen-bond acceptors (Lipinski definition) is 1. The summed E-state index contributed by atoms with van der Waals surface area (Å²) < 4.78 is 26.9. The molecule has 0 saturated heterocycles. The van der Waals surface area contributed by atoms with Gasteiger partial charge in [-0.1, -0.05) is 23.2 Å². The Morgan fingerprint density at radius 2 is 1.58 bits per heavy atom. The summed E-state index contributed by atoms with van der Waals surface area (Å²) in [4.78, 5) is 11.8. The first-order valence-electron chi connectivity index (χ1n) is 5.19. The van der Waals surface area contributed by atoms with E-state index in [0.717, 1.165) is 12.1 Å². The van der Waals surface area contributed by atoms with E-state index in [1.165, 1.54) is 24.3 Å². The highest BCUT2D eigenvalue weighted by atomic mass is 35.5. The lowest BCUT2D eigenvalue weighted by molar-refractivity contribution is 0.102. The molecule has 98 valence electrons. The molecule has 1 N–H and O–H groups in total. The predicted molar refractivity (Wildman–Crippen MR) is 70.8 cm³/mol. The Morgan fingerprint density at radius 1 is 0.947 bits per heavy atom. The Hall–Kier alpha value is -1.65. The maximum Gasteiger partial charge on any atom is 0.258 e. The molecular weight excluding hydrogens is 295 g/mol. The van der Waals surface area contributed by atoms with Gasteiger partial charge in [0.1, 0.15) is 11.6 Å². The first-order valence-corrected chi connectivity index (χ1v) is 5.94. The number of benzene rings is 2. The maximum absolute atomic E-state index is 13.5. The van der Waals surface area contributed by atoms with Crippen LogP contribution >= 0.6 is 23.2 Å². The summed E-state index contributed by atoms with van der Waals surface area (Å²) in [6.45, 7) is 0. The van der Waals surface area contributed by atoms with Crippen LogP contribution in [0.4, 0.5) is 14.5 Å². The third-order valence-corrected chi connectivity index (χ3v) is 2.82. The smallest absolute Gasteiger partial charge is 0.258 e. The zero-order chi connectivity index (χ0) is 14.0. The lowest BCUT2D eigenvalue weighted by Gasteiger charge is -2.07. The molecule has 0 aliphatic heterocycles. The molecule has 0 aliphatic rings.